The van der Waals surface area contributed by atoms with Crippen LogP contribution in [0, 0.1) is 0 Å². The van der Waals surface area contributed by atoms with Crippen LogP contribution < -0.4 is 9.47 Å². The Morgan fingerprint density at radius 2 is 1.92 bits per heavy atom. The van der Waals surface area contributed by atoms with Gasteiger partial charge in [0.05, 0.1) is 18.4 Å². The summed E-state index contributed by atoms with van der Waals surface area (Å²) in [5.74, 6) is 0.427. The van der Waals surface area contributed by atoms with E-state index in [0.717, 1.165) is 22.0 Å². The number of nitrogens with zero attached hydrogens (tertiary/aromatic N) is 1. The van der Waals surface area contributed by atoms with Gasteiger partial charge in [-0.25, -0.2) is 9.78 Å². The van der Waals surface area contributed by atoms with Crippen molar-refractivity contribution in [1.82, 2.24) is 4.98 Å². The van der Waals surface area contributed by atoms with E-state index in [9.17, 15) is 4.79 Å². The van der Waals surface area contributed by atoms with Crippen LogP contribution in [-0.2, 0) is 6.61 Å². The molecule has 0 radical (unpaired) electrons. The average Bonchev–Trinajstić information content (AvgIpc) is 3.09. The maximum Gasteiger partial charge on any atom is 0.335 e. The van der Waals surface area contributed by atoms with Crippen molar-refractivity contribution in [3.8, 4) is 22.8 Å². The van der Waals surface area contributed by atoms with Gasteiger partial charge in [0, 0.05) is 10.9 Å². The minimum absolute atomic E-state index is 0.232. The molecule has 1 heterocycles. The van der Waals surface area contributed by atoms with Gasteiger partial charge < -0.3 is 14.6 Å². The lowest BCUT2D eigenvalue weighted by Crippen LogP contribution is -1.98. The highest BCUT2D eigenvalue weighted by atomic mass is 32.1. The Kier molecular flexibility index (Phi) is 4.77. The van der Waals surface area contributed by atoms with Gasteiger partial charge in [-0.05, 0) is 36.4 Å². The summed E-state index contributed by atoms with van der Waals surface area (Å²) in [5.41, 5.74) is 2.01. The maximum absolute atomic E-state index is 10.8. The molecule has 0 amide bonds. The van der Waals surface area contributed by atoms with E-state index in [0.29, 0.717) is 12.4 Å². The van der Waals surface area contributed by atoms with Crippen LogP contribution in [0.2, 0.25) is 0 Å². The fraction of sp³-hybridized carbons (Fsp3) is 0.111. The molecule has 0 saturated heterocycles. The van der Waals surface area contributed by atoms with Gasteiger partial charge in [-0.15, -0.1) is 11.3 Å². The molecule has 5 nitrogen and oxygen atoms in total. The molecule has 1 N–H and O–H groups in total. The zero-order valence-corrected chi connectivity index (χ0v) is 13.7. The number of carboxylic acids is 1. The summed E-state index contributed by atoms with van der Waals surface area (Å²) in [5, 5.41) is 11.7. The molecule has 0 unspecified atom stereocenters. The molecule has 0 spiro atoms. The first-order valence-electron chi connectivity index (χ1n) is 7.21. The van der Waals surface area contributed by atoms with Crippen LogP contribution in [0.5, 0.6) is 11.5 Å². The van der Waals surface area contributed by atoms with Gasteiger partial charge in [0.1, 0.15) is 23.1 Å². The van der Waals surface area contributed by atoms with Crippen LogP contribution in [0.3, 0.4) is 0 Å². The summed E-state index contributed by atoms with van der Waals surface area (Å²) < 4.78 is 11.0. The number of benzene rings is 2. The van der Waals surface area contributed by atoms with Crippen LogP contribution in [-0.4, -0.2) is 23.2 Å². The molecule has 6 heteroatoms. The van der Waals surface area contributed by atoms with Crippen molar-refractivity contribution in [2.75, 3.05) is 7.11 Å². The molecule has 0 atom stereocenters. The van der Waals surface area contributed by atoms with Gasteiger partial charge in [-0.1, -0.05) is 12.1 Å². The number of carboxylic acid groups (broad SMARTS) is 1. The van der Waals surface area contributed by atoms with Crippen LogP contribution in [0.25, 0.3) is 11.3 Å². The maximum atomic E-state index is 10.8. The fourth-order valence-electron chi connectivity index (χ4n) is 2.20. The molecule has 0 aliphatic heterocycles. The lowest BCUT2D eigenvalue weighted by atomic mass is 10.1. The Hall–Kier alpha value is -2.86. The summed E-state index contributed by atoms with van der Waals surface area (Å²) >= 11 is 1.51. The van der Waals surface area contributed by atoms with Crippen LogP contribution in [0.1, 0.15) is 15.4 Å². The van der Waals surface area contributed by atoms with Crippen LogP contribution in [0.15, 0.2) is 53.9 Å². The number of thiazole rings is 1. The number of ether oxygens (including phenoxy) is 2. The Labute approximate surface area is 143 Å². The molecule has 1 aromatic heterocycles. The minimum atomic E-state index is -0.956. The van der Waals surface area contributed by atoms with E-state index < -0.39 is 5.97 Å². The number of para-hydroxylation sites is 1. The Balaban J connectivity index is 1.69. The first kappa shape index (κ1) is 16.0. The third-order valence-corrected chi connectivity index (χ3v) is 4.22. The van der Waals surface area contributed by atoms with E-state index in [1.54, 1.807) is 19.2 Å². The van der Waals surface area contributed by atoms with Crippen molar-refractivity contribution in [1.29, 1.82) is 0 Å². The van der Waals surface area contributed by atoms with Crippen molar-refractivity contribution in [2.24, 2.45) is 0 Å². The zero-order chi connectivity index (χ0) is 16.9. The van der Waals surface area contributed by atoms with E-state index in [2.05, 4.69) is 4.98 Å². The van der Waals surface area contributed by atoms with E-state index in [4.69, 9.17) is 14.6 Å². The molecule has 0 saturated carbocycles. The molecule has 3 rings (SSSR count). The summed E-state index contributed by atoms with van der Waals surface area (Å²) in [6.45, 7) is 0.326. The standard InChI is InChI=1S/C18H15NO4S/c1-22-16-5-3-2-4-14(16)15-11-24-17(19-15)10-23-13-8-6-12(7-9-13)18(20)21/h2-9,11H,10H2,1H3,(H,20,21). The molecule has 0 aliphatic carbocycles. The number of methoxy groups -OCH3 is 1. The van der Waals surface area contributed by atoms with Gasteiger partial charge >= 0.3 is 5.97 Å². The number of aromatic nitrogens is 1. The van der Waals surface area contributed by atoms with Crippen molar-refractivity contribution in [3.05, 3.63) is 64.5 Å². The molecule has 0 bridgehead atoms. The monoisotopic (exact) mass is 341 g/mol. The molecule has 3 aromatic rings. The Morgan fingerprint density at radius 1 is 1.17 bits per heavy atom. The van der Waals surface area contributed by atoms with Gasteiger partial charge in [0.2, 0.25) is 0 Å². The average molecular weight is 341 g/mol. The molecule has 2 aromatic carbocycles. The predicted molar refractivity (Wildman–Crippen MR) is 91.8 cm³/mol. The summed E-state index contributed by atoms with van der Waals surface area (Å²) in [4.78, 5) is 15.4. The van der Waals surface area contributed by atoms with E-state index in [-0.39, 0.29) is 5.56 Å². The SMILES string of the molecule is COc1ccccc1-c1csc(COc2ccc(C(=O)O)cc2)n1. The molecule has 24 heavy (non-hydrogen) atoms. The molecular weight excluding hydrogens is 326 g/mol. The number of aromatic carboxylic acids is 1. The highest BCUT2D eigenvalue weighted by molar-refractivity contribution is 7.09. The van der Waals surface area contributed by atoms with E-state index in [1.807, 2.05) is 29.6 Å². The third kappa shape index (κ3) is 3.55. The first-order chi connectivity index (χ1) is 11.7. The predicted octanol–water partition coefficient (Wildman–Crippen LogP) is 4.10. The van der Waals surface area contributed by atoms with Crippen molar-refractivity contribution >= 4 is 17.3 Å². The topological polar surface area (TPSA) is 68.7 Å². The molecule has 0 fully saturated rings. The largest absolute Gasteiger partial charge is 0.496 e. The number of hydrogen-bond donors (Lipinski definition) is 1. The van der Waals surface area contributed by atoms with Crippen molar-refractivity contribution in [3.63, 3.8) is 0 Å². The summed E-state index contributed by atoms with van der Waals surface area (Å²) in [7, 11) is 1.63. The highest BCUT2D eigenvalue weighted by Crippen LogP contribution is 2.30. The number of carbonyl (C=O) groups is 1. The van der Waals surface area contributed by atoms with Gasteiger partial charge in [0.15, 0.2) is 0 Å². The van der Waals surface area contributed by atoms with E-state index in [1.165, 1.54) is 23.5 Å². The summed E-state index contributed by atoms with van der Waals surface area (Å²) in [6.07, 6.45) is 0. The Morgan fingerprint density at radius 3 is 2.62 bits per heavy atom. The van der Waals surface area contributed by atoms with Gasteiger partial charge in [-0.3, -0.25) is 0 Å². The van der Waals surface area contributed by atoms with Crippen molar-refractivity contribution < 1.29 is 19.4 Å². The van der Waals surface area contributed by atoms with Crippen LogP contribution >= 0.6 is 11.3 Å². The lowest BCUT2D eigenvalue weighted by molar-refractivity contribution is 0.0697. The number of hydrogen-bond acceptors (Lipinski definition) is 5. The van der Waals surface area contributed by atoms with Gasteiger partial charge in [0.25, 0.3) is 0 Å². The van der Waals surface area contributed by atoms with Gasteiger partial charge in [-0.2, -0.15) is 0 Å². The third-order valence-electron chi connectivity index (χ3n) is 3.40. The highest BCUT2D eigenvalue weighted by Gasteiger charge is 2.10. The zero-order valence-electron chi connectivity index (χ0n) is 12.9. The summed E-state index contributed by atoms with van der Waals surface area (Å²) in [6, 6.07) is 14.0. The number of rotatable bonds is 6. The molecule has 122 valence electrons. The smallest absolute Gasteiger partial charge is 0.335 e. The lowest BCUT2D eigenvalue weighted by Gasteiger charge is -2.05. The van der Waals surface area contributed by atoms with Crippen LogP contribution in [0.4, 0.5) is 0 Å². The molecular formula is C18H15NO4S. The first-order valence-corrected chi connectivity index (χ1v) is 8.09. The Bertz CT molecular complexity index is 842. The van der Waals surface area contributed by atoms with E-state index >= 15 is 0 Å². The quantitative estimate of drug-likeness (QED) is 0.731. The fourth-order valence-corrected chi connectivity index (χ4v) is 2.90. The second-order valence-electron chi connectivity index (χ2n) is 4.94. The van der Waals surface area contributed by atoms with Crippen molar-refractivity contribution in [2.45, 2.75) is 6.61 Å². The normalized spacial score (nSPS) is 10.4. The second-order valence-corrected chi connectivity index (χ2v) is 5.89. The second kappa shape index (κ2) is 7.14. The minimum Gasteiger partial charge on any atom is -0.496 e. The molecule has 0 aliphatic rings.